The number of sulfonamides is 1. The third-order valence-corrected chi connectivity index (χ3v) is 5.45. The van der Waals surface area contributed by atoms with Crippen LogP contribution in [-0.4, -0.2) is 60.9 Å². The molecule has 0 N–H and O–H groups in total. The average molecular weight is 327 g/mol. The van der Waals surface area contributed by atoms with E-state index in [1.54, 1.807) is 11.8 Å². The number of rotatable bonds is 3. The van der Waals surface area contributed by atoms with E-state index < -0.39 is 10.0 Å². The highest BCUT2D eigenvalue weighted by Gasteiger charge is 2.32. The Bertz CT molecular complexity index is 678. The van der Waals surface area contributed by atoms with E-state index in [-0.39, 0.29) is 5.91 Å². The molecule has 1 aromatic rings. The van der Waals surface area contributed by atoms with Gasteiger partial charge in [-0.2, -0.15) is 0 Å². The van der Waals surface area contributed by atoms with Crippen LogP contribution >= 0.6 is 0 Å². The van der Waals surface area contributed by atoms with E-state index >= 15 is 0 Å². The molecule has 0 radical (unpaired) electrons. The number of carbonyl (C=O) groups excluding carboxylic acids is 1. The quantitative estimate of drug-likeness (QED) is 0.826. The van der Waals surface area contributed by atoms with Gasteiger partial charge in [-0.05, 0) is 26.2 Å². The van der Waals surface area contributed by atoms with Crippen molar-refractivity contribution in [3.05, 3.63) is 17.3 Å². The van der Waals surface area contributed by atoms with Crippen LogP contribution in [0.1, 0.15) is 47.3 Å². The maximum absolute atomic E-state index is 12.6. The van der Waals surface area contributed by atoms with Gasteiger partial charge in [0.2, 0.25) is 15.8 Å². The smallest absolute Gasteiger partial charge is 0.291 e. The van der Waals surface area contributed by atoms with Gasteiger partial charge in [0.05, 0.1) is 11.9 Å². The summed E-state index contributed by atoms with van der Waals surface area (Å²) in [5, 5.41) is 0. The molecule has 0 unspecified atom stereocenters. The molecule has 1 aliphatic carbocycles. The van der Waals surface area contributed by atoms with Crippen LogP contribution in [0.2, 0.25) is 0 Å². The molecule has 2 heterocycles. The van der Waals surface area contributed by atoms with E-state index in [2.05, 4.69) is 4.98 Å². The molecule has 1 aromatic heterocycles. The molecule has 1 aliphatic heterocycles. The standard InChI is InChI=1S/C14H21N3O4S/c1-10-12(21-13(15-10)11-4-5-11)14(18)16-6-3-7-17(9-8-16)22(2,19)20/h11H,3-9H2,1-2H3. The summed E-state index contributed by atoms with van der Waals surface area (Å²) >= 11 is 0. The molecule has 22 heavy (non-hydrogen) atoms. The molecular weight excluding hydrogens is 306 g/mol. The Morgan fingerprint density at radius 2 is 1.95 bits per heavy atom. The summed E-state index contributed by atoms with van der Waals surface area (Å²) < 4.78 is 30.3. The largest absolute Gasteiger partial charge is 0.435 e. The van der Waals surface area contributed by atoms with Gasteiger partial charge in [-0.1, -0.05) is 0 Å². The molecule has 8 heteroatoms. The van der Waals surface area contributed by atoms with Crippen LogP contribution in [0.15, 0.2) is 4.42 Å². The van der Waals surface area contributed by atoms with E-state index in [4.69, 9.17) is 4.42 Å². The van der Waals surface area contributed by atoms with Crippen molar-refractivity contribution in [2.45, 2.75) is 32.1 Å². The van der Waals surface area contributed by atoms with Crippen molar-refractivity contribution in [2.75, 3.05) is 32.4 Å². The van der Waals surface area contributed by atoms with Crippen LogP contribution in [0.5, 0.6) is 0 Å². The zero-order valence-corrected chi connectivity index (χ0v) is 13.7. The molecule has 1 amide bonds. The second-order valence-electron chi connectivity index (χ2n) is 6.05. The molecule has 3 rings (SSSR count). The Kier molecular flexibility index (Phi) is 3.98. The van der Waals surface area contributed by atoms with E-state index in [0.29, 0.717) is 55.9 Å². The van der Waals surface area contributed by atoms with Crippen molar-refractivity contribution in [1.82, 2.24) is 14.2 Å². The van der Waals surface area contributed by atoms with Crippen LogP contribution in [-0.2, 0) is 10.0 Å². The van der Waals surface area contributed by atoms with Gasteiger partial charge >= 0.3 is 0 Å². The number of nitrogens with zero attached hydrogens (tertiary/aromatic N) is 3. The fourth-order valence-corrected chi connectivity index (χ4v) is 3.57. The number of oxazole rings is 1. The van der Waals surface area contributed by atoms with Gasteiger partial charge in [0.25, 0.3) is 5.91 Å². The monoisotopic (exact) mass is 327 g/mol. The highest BCUT2D eigenvalue weighted by atomic mass is 32.2. The van der Waals surface area contributed by atoms with E-state index in [0.717, 1.165) is 12.8 Å². The molecule has 122 valence electrons. The predicted octanol–water partition coefficient (Wildman–Crippen LogP) is 0.968. The van der Waals surface area contributed by atoms with Crippen molar-refractivity contribution in [2.24, 2.45) is 0 Å². The van der Waals surface area contributed by atoms with E-state index in [1.165, 1.54) is 10.6 Å². The minimum Gasteiger partial charge on any atom is -0.435 e. The number of carbonyl (C=O) groups is 1. The van der Waals surface area contributed by atoms with Crippen molar-refractivity contribution in [3.63, 3.8) is 0 Å². The lowest BCUT2D eigenvalue weighted by Gasteiger charge is -2.20. The minimum atomic E-state index is -3.21. The van der Waals surface area contributed by atoms with Crippen molar-refractivity contribution >= 4 is 15.9 Å². The summed E-state index contributed by atoms with van der Waals surface area (Å²) in [6.07, 6.45) is 3.97. The first kappa shape index (κ1) is 15.5. The molecule has 0 atom stereocenters. The normalized spacial score (nSPS) is 20.9. The summed E-state index contributed by atoms with van der Waals surface area (Å²) in [4.78, 5) is 18.6. The highest BCUT2D eigenvalue weighted by Crippen LogP contribution is 2.40. The zero-order chi connectivity index (χ0) is 15.9. The van der Waals surface area contributed by atoms with Gasteiger partial charge in [-0.15, -0.1) is 0 Å². The fourth-order valence-electron chi connectivity index (χ4n) is 2.69. The number of aryl methyl sites for hydroxylation is 1. The Hall–Kier alpha value is -1.41. The number of amides is 1. The summed E-state index contributed by atoms with van der Waals surface area (Å²) in [6.45, 7) is 3.47. The summed E-state index contributed by atoms with van der Waals surface area (Å²) in [7, 11) is -3.21. The van der Waals surface area contributed by atoms with Gasteiger partial charge in [0.1, 0.15) is 0 Å². The average Bonchev–Trinajstić information content (AvgIpc) is 3.23. The Labute approximate surface area is 130 Å². The molecule has 0 bridgehead atoms. The van der Waals surface area contributed by atoms with Gasteiger partial charge < -0.3 is 9.32 Å². The lowest BCUT2D eigenvalue weighted by atomic mass is 10.3. The summed E-state index contributed by atoms with van der Waals surface area (Å²) in [5.41, 5.74) is 0.621. The van der Waals surface area contributed by atoms with Crippen LogP contribution in [0.3, 0.4) is 0 Å². The Morgan fingerprint density at radius 1 is 1.23 bits per heavy atom. The molecule has 7 nitrogen and oxygen atoms in total. The van der Waals surface area contributed by atoms with Gasteiger partial charge in [-0.25, -0.2) is 17.7 Å². The molecule has 1 saturated carbocycles. The number of hydrogen-bond acceptors (Lipinski definition) is 5. The molecule has 2 aliphatic rings. The minimum absolute atomic E-state index is 0.188. The first-order chi connectivity index (χ1) is 10.4. The maximum Gasteiger partial charge on any atom is 0.291 e. The van der Waals surface area contributed by atoms with Crippen LogP contribution < -0.4 is 0 Å². The zero-order valence-electron chi connectivity index (χ0n) is 12.9. The summed E-state index contributed by atoms with van der Waals surface area (Å²) in [6, 6.07) is 0. The van der Waals surface area contributed by atoms with Gasteiger partial charge in [0.15, 0.2) is 5.89 Å². The van der Waals surface area contributed by atoms with Crippen molar-refractivity contribution < 1.29 is 17.6 Å². The third-order valence-electron chi connectivity index (χ3n) is 4.15. The van der Waals surface area contributed by atoms with Gasteiger partial charge in [0, 0.05) is 32.1 Å². The predicted molar refractivity (Wildman–Crippen MR) is 80.2 cm³/mol. The lowest BCUT2D eigenvalue weighted by molar-refractivity contribution is 0.0729. The van der Waals surface area contributed by atoms with Crippen LogP contribution in [0, 0.1) is 6.92 Å². The highest BCUT2D eigenvalue weighted by molar-refractivity contribution is 7.88. The number of aromatic nitrogens is 1. The van der Waals surface area contributed by atoms with Crippen molar-refractivity contribution in [1.29, 1.82) is 0 Å². The van der Waals surface area contributed by atoms with Crippen molar-refractivity contribution in [3.8, 4) is 0 Å². The van der Waals surface area contributed by atoms with Gasteiger partial charge in [-0.3, -0.25) is 4.79 Å². The first-order valence-corrected chi connectivity index (χ1v) is 9.43. The second-order valence-corrected chi connectivity index (χ2v) is 8.03. The van der Waals surface area contributed by atoms with Crippen LogP contribution in [0.25, 0.3) is 0 Å². The Balaban J connectivity index is 1.72. The lowest BCUT2D eigenvalue weighted by Crippen LogP contribution is -2.37. The second kappa shape index (κ2) is 5.66. The fraction of sp³-hybridized carbons (Fsp3) is 0.714. The Morgan fingerprint density at radius 3 is 2.59 bits per heavy atom. The number of hydrogen-bond donors (Lipinski definition) is 0. The molecule has 0 spiro atoms. The topological polar surface area (TPSA) is 83.7 Å². The third kappa shape index (κ3) is 3.17. The molecule has 1 saturated heterocycles. The van der Waals surface area contributed by atoms with E-state index in [1.807, 2.05) is 0 Å². The van der Waals surface area contributed by atoms with Crippen LogP contribution in [0.4, 0.5) is 0 Å². The van der Waals surface area contributed by atoms with E-state index in [9.17, 15) is 13.2 Å². The SMILES string of the molecule is Cc1nc(C2CC2)oc1C(=O)N1CCCN(S(C)(=O)=O)CC1. The first-order valence-electron chi connectivity index (χ1n) is 7.58. The maximum atomic E-state index is 12.6. The molecular formula is C14H21N3O4S. The summed E-state index contributed by atoms with van der Waals surface area (Å²) in [5.74, 6) is 1.14. The molecule has 2 fully saturated rings. The molecule has 0 aromatic carbocycles.